The first-order valence-electron chi connectivity index (χ1n) is 6.67. The molecule has 2 atom stereocenters. The number of hydrogen-bond acceptors (Lipinski definition) is 4. The lowest BCUT2D eigenvalue weighted by Crippen LogP contribution is -2.79. The fourth-order valence-electron chi connectivity index (χ4n) is 2.06. The summed E-state index contributed by atoms with van der Waals surface area (Å²) in [5.74, 6) is -0.424. The molecule has 1 rings (SSSR count). The minimum absolute atomic E-state index is 0.0151. The third-order valence-electron chi connectivity index (χ3n) is 4.13. The van der Waals surface area contributed by atoms with E-state index in [1.54, 1.807) is 11.5 Å². The first-order valence-corrected chi connectivity index (χ1v) is 10.0. The maximum absolute atomic E-state index is 12.4. The van der Waals surface area contributed by atoms with E-state index in [0.29, 0.717) is 4.99 Å². The van der Waals surface area contributed by atoms with Gasteiger partial charge >= 0.3 is 5.97 Å². The Bertz CT molecular complexity index is 445. The summed E-state index contributed by atoms with van der Waals surface area (Å²) in [5.41, 5.74) is 0. The van der Waals surface area contributed by atoms with Gasteiger partial charge in [-0.3, -0.25) is 9.59 Å². The number of hydrogen-bond donors (Lipinski definition) is 1. The lowest BCUT2D eigenvalue weighted by molar-refractivity contribution is -0.178. The van der Waals surface area contributed by atoms with E-state index in [4.69, 9.17) is 17.0 Å². The van der Waals surface area contributed by atoms with Crippen LogP contribution in [0.4, 0.5) is 0 Å². The van der Waals surface area contributed by atoms with Crippen LogP contribution in [-0.2, 0) is 14.3 Å². The van der Waals surface area contributed by atoms with E-state index in [1.165, 1.54) is 6.92 Å². The average Bonchev–Trinajstić information content (AvgIpc) is 2.22. The van der Waals surface area contributed by atoms with Crippen molar-refractivity contribution in [1.29, 1.82) is 0 Å². The van der Waals surface area contributed by atoms with E-state index in [0.717, 1.165) is 0 Å². The highest BCUT2D eigenvalue weighted by Crippen LogP contribution is 2.43. The van der Waals surface area contributed by atoms with Gasteiger partial charge in [0.25, 0.3) is 0 Å². The van der Waals surface area contributed by atoms with Crippen molar-refractivity contribution in [3.8, 4) is 0 Å². The summed E-state index contributed by atoms with van der Waals surface area (Å²) in [5, 5.41) is 2.91. The summed E-state index contributed by atoms with van der Waals surface area (Å²) in [4.78, 5) is 24.3. The van der Waals surface area contributed by atoms with Crippen molar-refractivity contribution in [1.82, 2.24) is 9.88 Å². The Morgan fingerprint density at radius 2 is 1.85 bits per heavy atom. The topological polar surface area (TPSA) is 58.6 Å². The van der Waals surface area contributed by atoms with E-state index in [-0.39, 0.29) is 16.9 Å². The molecule has 0 aliphatic carbocycles. The quantitative estimate of drug-likeness (QED) is 0.374. The van der Waals surface area contributed by atoms with Crippen molar-refractivity contribution in [2.24, 2.45) is 0 Å². The van der Waals surface area contributed by atoms with Gasteiger partial charge in [0.05, 0.1) is 4.99 Å². The highest BCUT2D eigenvalue weighted by Gasteiger charge is 2.59. The number of β-lactam (4-membered cyclic amide) rings is 1. The lowest BCUT2D eigenvalue weighted by atomic mass is 10.1. The summed E-state index contributed by atoms with van der Waals surface area (Å²) in [6.07, 6.45) is -0.557. The normalized spacial score (nSPS) is 23.1. The Hall–Kier alpha value is -0.953. The van der Waals surface area contributed by atoms with Crippen LogP contribution >= 0.6 is 12.2 Å². The zero-order valence-electron chi connectivity index (χ0n) is 13.2. The Morgan fingerprint density at radius 3 is 2.20 bits per heavy atom. The molecule has 5 nitrogen and oxygen atoms in total. The molecule has 0 aromatic heterocycles. The van der Waals surface area contributed by atoms with Gasteiger partial charge in [-0.1, -0.05) is 46.1 Å². The summed E-state index contributed by atoms with van der Waals surface area (Å²) in [6, 6.07) is -0.550. The van der Waals surface area contributed by atoms with Crippen LogP contribution < -0.4 is 5.32 Å². The SMILES string of the molecule is CC(=O)O[C@H]1[C@H](NC(C)=S)C(=O)N1[Si](C)(C)C(C)(C)C. The lowest BCUT2D eigenvalue weighted by Gasteiger charge is -2.57. The molecule has 1 heterocycles. The molecule has 0 unspecified atom stereocenters. The minimum atomic E-state index is -2.08. The molecule has 0 bridgehead atoms. The molecule has 114 valence electrons. The van der Waals surface area contributed by atoms with Crippen molar-refractivity contribution >= 4 is 37.3 Å². The fraction of sp³-hybridized carbons (Fsp3) is 0.769. The second-order valence-electron chi connectivity index (χ2n) is 6.70. The van der Waals surface area contributed by atoms with E-state index in [1.807, 2.05) is 0 Å². The second-order valence-corrected chi connectivity index (χ2v) is 12.4. The largest absolute Gasteiger partial charge is 0.440 e. The van der Waals surface area contributed by atoms with Gasteiger partial charge in [-0.2, -0.15) is 0 Å². The molecule has 0 aromatic rings. The molecule has 1 fully saturated rings. The van der Waals surface area contributed by atoms with Gasteiger partial charge in [-0.05, 0) is 12.0 Å². The summed E-state index contributed by atoms with van der Waals surface area (Å²) >= 11 is 4.99. The number of carbonyl (C=O) groups excluding carboxylic acids is 2. The van der Waals surface area contributed by atoms with Gasteiger partial charge in [0.2, 0.25) is 5.91 Å². The molecule has 1 saturated heterocycles. The number of thiocarbonyl (C=S) groups is 1. The van der Waals surface area contributed by atoms with E-state index in [2.05, 4.69) is 39.2 Å². The second kappa shape index (κ2) is 5.44. The fourth-order valence-corrected chi connectivity index (χ4v) is 4.44. The van der Waals surface area contributed by atoms with Crippen LogP contribution in [0.3, 0.4) is 0 Å². The van der Waals surface area contributed by atoms with E-state index >= 15 is 0 Å². The molecule has 1 aliphatic rings. The molecule has 0 radical (unpaired) electrons. The monoisotopic (exact) mass is 316 g/mol. The number of carbonyl (C=O) groups is 2. The molecule has 20 heavy (non-hydrogen) atoms. The van der Waals surface area contributed by atoms with Crippen LogP contribution in [0.1, 0.15) is 34.6 Å². The molecule has 0 aromatic carbocycles. The van der Waals surface area contributed by atoms with Crippen LogP contribution in [0, 0.1) is 0 Å². The zero-order chi connectivity index (χ0) is 15.9. The molecule has 1 amide bonds. The van der Waals surface area contributed by atoms with Crippen molar-refractivity contribution in [2.45, 2.75) is 65.0 Å². The number of rotatable bonds is 3. The van der Waals surface area contributed by atoms with Gasteiger partial charge in [0.1, 0.15) is 0 Å². The van der Waals surface area contributed by atoms with Crippen LogP contribution in [0.2, 0.25) is 18.1 Å². The average molecular weight is 316 g/mol. The van der Waals surface area contributed by atoms with Gasteiger partial charge < -0.3 is 14.6 Å². The predicted molar refractivity (Wildman–Crippen MR) is 84.8 cm³/mol. The molecule has 0 spiro atoms. The molecule has 7 heteroatoms. The number of nitrogens with zero attached hydrogens (tertiary/aromatic N) is 1. The maximum Gasteiger partial charge on any atom is 0.304 e. The first-order chi connectivity index (χ1) is 8.89. The highest BCUT2D eigenvalue weighted by atomic mass is 32.1. The smallest absolute Gasteiger partial charge is 0.304 e. The molecule has 1 N–H and O–H groups in total. The first kappa shape index (κ1) is 17.1. The predicted octanol–water partition coefficient (Wildman–Crippen LogP) is 2.03. The van der Waals surface area contributed by atoms with E-state index in [9.17, 15) is 9.59 Å². The minimum Gasteiger partial charge on any atom is -0.440 e. The number of nitrogens with one attached hydrogen (secondary N) is 1. The van der Waals surface area contributed by atoms with E-state index < -0.39 is 20.5 Å². The van der Waals surface area contributed by atoms with Crippen LogP contribution in [0.5, 0.6) is 0 Å². The molecule has 1 aliphatic heterocycles. The number of esters is 1. The standard InChI is InChI=1S/C13H24N2O3SSi/c1-8(19)14-10-11(17)15(12(10)18-9(2)16)20(6,7)13(3,4)5/h10,12H,1-7H3,(H,14,19)/t10-,12+/m1/s1. The van der Waals surface area contributed by atoms with Gasteiger partial charge in [-0.15, -0.1) is 0 Å². The van der Waals surface area contributed by atoms with Gasteiger partial charge in [0.15, 0.2) is 20.5 Å². The van der Waals surface area contributed by atoms with Gasteiger partial charge in [0, 0.05) is 6.92 Å². The molecular formula is C13H24N2O3SSi. The Morgan fingerprint density at radius 1 is 1.35 bits per heavy atom. The molecular weight excluding hydrogens is 292 g/mol. The van der Waals surface area contributed by atoms with Gasteiger partial charge in [-0.25, -0.2) is 0 Å². The number of amides is 1. The van der Waals surface area contributed by atoms with Crippen molar-refractivity contribution < 1.29 is 14.3 Å². The highest BCUT2D eigenvalue weighted by molar-refractivity contribution is 7.80. The summed E-state index contributed by atoms with van der Waals surface area (Å²) in [7, 11) is -2.08. The van der Waals surface area contributed by atoms with Crippen molar-refractivity contribution in [3.63, 3.8) is 0 Å². The van der Waals surface area contributed by atoms with Crippen molar-refractivity contribution in [2.75, 3.05) is 0 Å². The Kier molecular flexibility index (Phi) is 4.65. The zero-order valence-corrected chi connectivity index (χ0v) is 15.1. The third kappa shape index (κ3) is 3.03. The summed E-state index contributed by atoms with van der Waals surface area (Å²) in [6.45, 7) is 13.6. The third-order valence-corrected chi connectivity index (χ3v) is 9.59. The molecule has 0 saturated carbocycles. The van der Waals surface area contributed by atoms with Crippen LogP contribution in [0.25, 0.3) is 0 Å². The maximum atomic E-state index is 12.4. The Balaban J connectivity index is 3.04. The van der Waals surface area contributed by atoms with Crippen LogP contribution in [0.15, 0.2) is 0 Å². The number of ether oxygens (including phenoxy) is 1. The van der Waals surface area contributed by atoms with Crippen LogP contribution in [-0.4, -0.2) is 41.9 Å². The summed E-state index contributed by atoms with van der Waals surface area (Å²) < 4.78 is 7.11. The Labute approximate surface area is 127 Å². The van der Waals surface area contributed by atoms with Crippen molar-refractivity contribution in [3.05, 3.63) is 0 Å².